The average molecular weight is 427 g/mol. The van der Waals surface area contributed by atoms with Crippen molar-refractivity contribution in [3.63, 3.8) is 0 Å². The van der Waals surface area contributed by atoms with Crippen molar-refractivity contribution in [1.29, 1.82) is 0 Å². The highest BCUT2D eigenvalue weighted by Crippen LogP contribution is 2.45. The second kappa shape index (κ2) is 8.14. The van der Waals surface area contributed by atoms with Crippen molar-refractivity contribution in [2.75, 3.05) is 0 Å². The molecule has 1 unspecified atom stereocenters. The van der Waals surface area contributed by atoms with Gasteiger partial charge in [0.15, 0.2) is 0 Å². The largest absolute Gasteiger partial charge is 0.358 e. The van der Waals surface area contributed by atoms with Crippen LogP contribution in [0.5, 0.6) is 0 Å². The van der Waals surface area contributed by atoms with E-state index in [4.69, 9.17) is 0 Å². The quantitative estimate of drug-likeness (QED) is 0.314. The lowest BCUT2D eigenvalue weighted by Crippen LogP contribution is -2.31. The molecule has 6 rings (SSSR count). The zero-order valence-electron chi connectivity index (χ0n) is 18.7. The van der Waals surface area contributed by atoms with Crippen LogP contribution >= 0.6 is 0 Å². The first kappa shape index (κ1) is 19.6. The highest BCUT2D eigenvalue weighted by Gasteiger charge is 2.33. The molecule has 0 amide bonds. The van der Waals surface area contributed by atoms with Crippen LogP contribution in [0.15, 0.2) is 109 Å². The number of rotatable bonds is 4. The van der Waals surface area contributed by atoms with Crippen LogP contribution in [0.4, 0.5) is 0 Å². The van der Waals surface area contributed by atoms with Crippen LogP contribution in [-0.4, -0.2) is 9.88 Å². The molecule has 160 valence electrons. The maximum atomic E-state index is 3.65. The number of aromatic amines is 1. The molecule has 33 heavy (non-hydrogen) atoms. The first-order valence-corrected chi connectivity index (χ1v) is 11.5. The number of H-pyrrole nitrogens is 1. The molecule has 0 fully saturated rings. The van der Waals surface area contributed by atoms with Crippen LogP contribution in [0, 0.1) is 6.92 Å². The van der Waals surface area contributed by atoms with Crippen LogP contribution in [0.1, 0.15) is 39.6 Å². The zero-order chi connectivity index (χ0) is 22.2. The molecule has 0 bridgehead atoms. The van der Waals surface area contributed by atoms with E-state index in [9.17, 15) is 0 Å². The fourth-order valence-electron chi connectivity index (χ4n) is 5.21. The van der Waals surface area contributed by atoms with E-state index in [-0.39, 0.29) is 6.04 Å². The second-order valence-corrected chi connectivity index (χ2v) is 8.75. The minimum atomic E-state index is 0.109. The van der Waals surface area contributed by atoms with Gasteiger partial charge in [-0.2, -0.15) is 0 Å². The lowest BCUT2D eigenvalue weighted by molar-refractivity contribution is 0.327. The van der Waals surface area contributed by atoms with E-state index >= 15 is 0 Å². The third-order valence-electron chi connectivity index (χ3n) is 6.69. The number of hydrogen-bond donors (Lipinski definition) is 1. The van der Waals surface area contributed by atoms with Gasteiger partial charge in [-0.15, -0.1) is 0 Å². The maximum absolute atomic E-state index is 3.65. The molecule has 0 saturated carbocycles. The van der Waals surface area contributed by atoms with E-state index in [1.54, 1.807) is 0 Å². The Morgan fingerprint density at radius 3 is 2.21 bits per heavy atom. The van der Waals surface area contributed by atoms with Gasteiger partial charge in [-0.1, -0.05) is 103 Å². The van der Waals surface area contributed by atoms with Gasteiger partial charge in [0.05, 0.1) is 6.04 Å². The first-order valence-electron chi connectivity index (χ1n) is 11.5. The SMILES string of the molecule is Cc1[nH]c2ccccc2c1C1c2ccccc2C=C(c2ccccc2)N1Cc1ccccc1. The topological polar surface area (TPSA) is 19.0 Å². The van der Waals surface area contributed by atoms with E-state index in [1.165, 1.54) is 50.1 Å². The van der Waals surface area contributed by atoms with E-state index < -0.39 is 0 Å². The molecule has 2 heteroatoms. The molecule has 1 aliphatic rings. The summed E-state index contributed by atoms with van der Waals surface area (Å²) >= 11 is 0. The summed E-state index contributed by atoms with van der Waals surface area (Å²) in [6.07, 6.45) is 2.36. The molecule has 1 N–H and O–H groups in total. The highest BCUT2D eigenvalue weighted by atomic mass is 15.2. The molecule has 0 spiro atoms. The predicted octanol–water partition coefficient (Wildman–Crippen LogP) is 7.58. The third kappa shape index (κ3) is 3.44. The zero-order valence-corrected chi connectivity index (χ0v) is 18.7. The van der Waals surface area contributed by atoms with E-state index in [1.807, 2.05) is 0 Å². The highest BCUT2D eigenvalue weighted by molar-refractivity contribution is 5.89. The van der Waals surface area contributed by atoms with Crippen molar-refractivity contribution >= 4 is 22.7 Å². The standard InChI is InChI=1S/C31H26N2/c1-22-30(27-18-10-11-19-28(27)32-22)31-26-17-9-8-16-25(26)20-29(24-14-6-3-7-15-24)33(31)21-23-12-4-2-5-13-23/h2-20,31-32H,21H2,1H3. The molecule has 0 saturated heterocycles. The summed E-state index contributed by atoms with van der Waals surface area (Å²) in [5.41, 5.74) is 10.2. The molecule has 2 heterocycles. The minimum absolute atomic E-state index is 0.109. The van der Waals surface area contributed by atoms with E-state index in [0.717, 1.165) is 6.54 Å². The number of para-hydroxylation sites is 1. The lowest BCUT2D eigenvalue weighted by Gasteiger charge is -2.40. The van der Waals surface area contributed by atoms with Gasteiger partial charge in [0.2, 0.25) is 0 Å². The number of benzene rings is 4. The summed E-state index contributed by atoms with van der Waals surface area (Å²) in [5.74, 6) is 0. The van der Waals surface area contributed by atoms with Gasteiger partial charge in [0, 0.05) is 34.4 Å². The van der Waals surface area contributed by atoms with Gasteiger partial charge in [0.1, 0.15) is 0 Å². The van der Waals surface area contributed by atoms with Crippen molar-refractivity contribution in [2.24, 2.45) is 0 Å². The van der Waals surface area contributed by atoms with Gasteiger partial charge in [0.25, 0.3) is 0 Å². The number of fused-ring (bicyclic) bond motifs is 2. The smallest absolute Gasteiger partial charge is 0.0829 e. The Bertz CT molecular complexity index is 1440. The summed E-state index contributed by atoms with van der Waals surface area (Å²) in [4.78, 5) is 6.23. The first-order chi connectivity index (χ1) is 16.3. The fourth-order valence-corrected chi connectivity index (χ4v) is 5.21. The van der Waals surface area contributed by atoms with E-state index in [2.05, 4.69) is 132 Å². The van der Waals surface area contributed by atoms with Crippen molar-refractivity contribution in [2.45, 2.75) is 19.5 Å². The minimum Gasteiger partial charge on any atom is -0.358 e. The van der Waals surface area contributed by atoms with Crippen molar-refractivity contribution in [3.05, 3.63) is 143 Å². The van der Waals surface area contributed by atoms with Crippen LogP contribution in [0.2, 0.25) is 0 Å². The normalized spacial score (nSPS) is 15.4. The van der Waals surface area contributed by atoms with E-state index in [0.29, 0.717) is 0 Å². The Hall–Kier alpha value is -4.04. The van der Waals surface area contributed by atoms with Crippen LogP contribution < -0.4 is 0 Å². The molecule has 5 aromatic rings. The average Bonchev–Trinajstić information content (AvgIpc) is 3.20. The molecule has 1 aromatic heterocycles. The third-order valence-corrected chi connectivity index (χ3v) is 6.69. The summed E-state index contributed by atoms with van der Waals surface area (Å²) in [5, 5.41) is 1.29. The number of nitrogens with zero attached hydrogens (tertiary/aromatic N) is 1. The molecular formula is C31H26N2. The lowest BCUT2D eigenvalue weighted by atomic mass is 9.86. The predicted molar refractivity (Wildman–Crippen MR) is 138 cm³/mol. The van der Waals surface area contributed by atoms with Gasteiger partial charge >= 0.3 is 0 Å². The van der Waals surface area contributed by atoms with Crippen molar-refractivity contribution < 1.29 is 0 Å². The fraction of sp³-hybridized carbons (Fsp3) is 0.0968. The number of aromatic nitrogens is 1. The number of aryl methyl sites for hydroxylation is 1. The van der Waals surface area contributed by atoms with Gasteiger partial charge in [-0.05, 0) is 41.3 Å². The Morgan fingerprint density at radius 2 is 1.39 bits per heavy atom. The molecule has 1 aliphatic heterocycles. The van der Waals surface area contributed by atoms with Crippen LogP contribution in [0.25, 0.3) is 22.7 Å². The molecule has 4 aromatic carbocycles. The second-order valence-electron chi connectivity index (χ2n) is 8.75. The monoisotopic (exact) mass is 426 g/mol. The Morgan fingerprint density at radius 1 is 0.727 bits per heavy atom. The summed E-state index contributed by atoms with van der Waals surface area (Å²) in [6.45, 7) is 3.04. The molecule has 0 aliphatic carbocycles. The molecule has 2 nitrogen and oxygen atoms in total. The number of hydrogen-bond acceptors (Lipinski definition) is 1. The summed E-state index contributed by atoms with van der Waals surface area (Å²) in [6, 6.07) is 39.2. The summed E-state index contributed by atoms with van der Waals surface area (Å²) in [7, 11) is 0. The maximum Gasteiger partial charge on any atom is 0.0829 e. The Kier molecular flexibility index (Phi) is 4.84. The van der Waals surface area contributed by atoms with Gasteiger partial charge in [-0.3, -0.25) is 0 Å². The molecular weight excluding hydrogens is 400 g/mol. The van der Waals surface area contributed by atoms with Gasteiger partial charge < -0.3 is 9.88 Å². The molecule has 0 radical (unpaired) electrons. The van der Waals surface area contributed by atoms with Crippen molar-refractivity contribution in [1.82, 2.24) is 9.88 Å². The molecule has 1 atom stereocenters. The summed E-state index contributed by atoms with van der Waals surface area (Å²) < 4.78 is 0. The number of nitrogens with one attached hydrogen (secondary N) is 1. The van der Waals surface area contributed by atoms with Gasteiger partial charge in [-0.25, -0.2) is 0 Å². The Labute approximate surface area is 194 Å². The Balaban J connectivity index is 1.62. The van der Waals surface area contributed by atoms with Crippen molar-refractivity contribution in [3.8, 4) is 0 Å². The van der Waals surface area contributed by atoms with Crippen LogP contribution in [-0.2, 0) is 6.54 Å². The van der Waals surface area contributed by atoms with Crippen LogP contribution in [0.3, 0.4) is 0 Å².